The Hall–Kier alpha value is -3.07. The summed E-state index contributed by atoms with van der Waals surface area (Å²) < 4.78 is 37.5. The maximum atomic E-state index is 12.5. The Balaban J connectivity index is 1.64. The highest BCUT2D eigenvalue weighted by atomic mass is 32.2. The fourth-order valence-corrected chi connectivity index (χ4v) is 3.93. The number of rotatable bonds is 7. The van der Waals surface area contributed by atoms with Crippen molar-refractivity contribution >= 4 is 21.5 Å². The van der Waals surface area contributed by atoms with Gasteiger partial charge in [-0.05, 0) is 43.7 Å². The molecule has 0 saturated heterocycles. The number of ether oxygens (including phenoxy) is 1. The Labute approximate surface area is 157 Å². The minimum absolute atomic E-state index is 0.0456. The van der Waals surface area contributed by atoms with Crippen molar-refractivity contribution in [2.24, 2.45) is 0 Å². The molecule has 1 aromatic carbocycles. The number of pyridine rings is 1. The van der Waals surface area contributed by atoms with Crippen LogP contribution in [0.3, 0.4) is 0 Å². The molecule has 2 aromatic heterocycles. The molecule has 0 fully saturated rings. The molecular formula is C18H20N4O4S. The third kappa shape index (κ3) is 4.37. The number of hydrogen-bond donors (Lipinski definition) is 2. The number of anilines is 2. The van der Waals surface area contributed by atoms with Gasteiger partial charge in [-0.1, -0.05) is 17.3 Å². The summed E-state index contributed by atoms with van der Waals surface area (Å²) >= 11 is 0. The molecule has 8 nitrogen and oxygen atoms in total. The van der Waals surface area contributed by atoms with Crippen molar-refractivity contribution in [1.82, 2.24) is 10.1 Å². The van der Waals surface area contributed by atoms with Gasteiger partial charge in [-0.2, -0.15) is 0 Å². The highest BCUT2D eigenvalue weighted by Crippen LogP contribution is 2.22. The smallest absolute Gasteiger partial charge is 0.267 e. The number of hydrogen-bond acceptors (Lipinski definition) is 7. The molecule has 3 aromatic rings. The van der Waals surface area contributed by atoms with Gasteiger partial charge in [-0.15, -0.1) is 0 Å². The van der Waals surface area contributed by atoms with Gasteiger partial charge in [0.2, 0.25) is 0 Å². The molecule has 0 atom stereocenters. The van der Waals surface area contributed by atoms with E-state index in [0.29, 0.717) is 23.7 Å². The van der Waals surface area contributed by atoms with E-state index in [1.54, 1.807) is 33.1 Å². The molecule has 0 aliphatic heterocycles. The first-order valence-corrected chi connectivity index (χ1v) is 9.66. The van der Waals surface area contributed by atoms with Crippen LogP contribution in [0, 0.1) is 13.8 Å². The van der Waals surface area contributed by atoms with Crippen LogP contribution in [0.25, 0.3) is 0 Å². The third-order valence-corrected chi connectivity index (χ3v) is 5.51. The van der Waals surface area contributed by atoms with Crippen molar-refractivity contribution in [3.8, 4) is 5.75 Å². The summed E-state index contributed by atoms with van der Waals surface area (Å²) in [5.74, 6) is 1.67. The molecule has 0 spiro atoms. The van der Waals surface area contributed by atoms with Crippen molar-refractivity contribution in [1.29, 1.82) is 0 Å². The number of nitrogens with one attached hydrogen (secondary N) is 2. The molecule has 142 valence electrons. The van der Waals surface area contributed by atoms with E-state index in [2.05, 4.69) is 20.2 Å². The molecule has 0 radical (unpaired) electrons. The first kappa shape index (κ1) is 18.7. The number of nitrogens with zero attached hydrogens (tertiary/aromatic N) is 2. The highest BCUT2D eigenvalue weighted by Gasteiger charge is 2.24. The molecule has 9 heteroatoms. The van der Waals surface area contributed by atoms with Gasteiger partial charge < -0.3 is 14.6 Å². The highest BCUT2D eigenvalue weighted by molar-refractivity contribution is 7.92. The van der Waals surface area contributed by atoms with Crippen LogP contribution in [-0.4, -0.2) is 25.7 Å². The Morgan fingerprint density at radius 3 is 2.41 bits per heavy atom. The Kier molecular flexibility index (Phi) is 5.31. The number of aryl methyl sites for hydroxylation is 2. The quantitative estimate of drug-likeness (QED) is 0.640. The zero-order chi connectivity index (χ0) is 19.4. The van der Waals surface area contributed by atoms with Crippen molar-refractivity contribution in [3.63, 3.8) is 0 Å². The van der Waals surface area contributed by atoms with E-state index in [-0.39, 0.29) is 10.7 Å². The Bertz CT molecular complexity index is 993. The average Bonchev–Trinajstić information content (AvgIpc) is 3.00. The number of aromatic nitrogens is 2. The molecular weight excluding hydrogens is 368 g/mol. The lowest BCUT2D eigenvalue weighted by atomic mass is 10.2. The molecule has 0 saturated carbocycles. The summed E-state index contributed by atoms with van der Waals surface area (Å²) in [5, 5.41) is 6.85. The largest absolute Gasteiger partial charge is 0.497 e. The van der Waals surface area contributed by atoms with Gasteiger partial charge in [-0.3, -0.25) is 4.72 Å². The maximum Gasteiger partial charge on any atom is 0.267 e. The van der Waals surface area contributed by atoms with Crippen molar-refractivity contribution in [2.45, 2.75) is 25.3 Å². The minimum Gasteiger partial charge on any atom is -0.497 e. The SMILES string of the molecule is COc1ccc(CNc2ccc(NS(=O)(=O)c3c(C)noc3C)cn2)cc1. The van der Waals surface area contributed by atoms with Crippen molar-refractivity contribution in [3.05, 3.63) is 59.6 Å². The summed E-state index contributed by atoms with van der Waals surface area (Å²) in [6.45, 7) is 3.72. The van der Waals surface area contributed by atoms with E-state index in [9.17, 15) is 8.42 Å². The van der Waals surface area contributed by atoms with E-state index in [1.807, 2.05) is 24.3 Å². The minimum atomic E-state index is -3.78. The number of benzene rings is 1. The molecule has 0 aliphatic rings. The van der Waals surface area contributed by atoms with Crippen LogP contribution in [0.4, 0.5) is 11.5 Å². The van der Waals surface area contributed by atoms with E-state index in [4.69, 9.17) is 9.26 Å². The van der Waals surface area contributed by atoms with Crippen LogP contribution in [0.15, 0.2) is 52.0 Å². The fraction of sp³-hybridized carbons (Fsp3) is 0.222. The van der Waals surface area contributed by atoms with E-state index in [0.717, 1.165) is 11.3 Å². The summed E-state index contributed by atoms with van der Waals surface area (Å²) in [6.07, 6.45) is 1.45. The van der Waals surface area contributed by atoms with Gasteiger partial charge in [0, 0.05) is 6.54 Å². The maximum absolute atomic E-state index is 12.5. The topological polar surface area (TPSA) is 106 Å². The lowest BCUT2D eigenvalue weighted by Crippen LogP contribution is -2.14. The molecule has 2 heterocycles. The van der Waals surface area contributed by atoms with Crippen LogP contribution in [-0.2, 0) is 16.6 Å². The molecule has 0 amide bonds. The molecule has 2 N–H and O–H groups in total. The van der Waals surface area contributed by atoms with Gasteiger partial charge in [0.05, 0.1) is 19.0 Å². The van der Waals surface area contributed by atoms with Crippen molar-refractivity contribution in [2.75, 3.05) is 17.1 Å². The molecule has 0 unspecified atom stereocenters. The molecule has 27 heavy (non-hydrogen) atoms. The average molecular weight is 388 g/mol. The lowest BCUT2D eigenvalue weighted by Gasteiger charge is -2.09. The number of methoxy groups -OCH3 is 1. The van der Waals surface area contributed by atoms with Crippen LogP contribution in [0.5, 0.6) is 5.75 Å². The second-order valence-electron chi connectivity index (χ2n) is 5.89. The summed E-state index contributed by atoms with van der Waals surface area (Å²) in [7, 11) is -2.16. The predicted octanol–water partition coefficient (Wildman–Crippen LogP) is 3.11. The first-order chi connectivity index (χ1) is 12.9. The number of sulfonamides is 1. The fourth-order valence-electron chi connectivity index (χ4n) is 2.56. The monoisotopic (exact) mass is 388 g/mol. The van der Waals surface area contributed by atoms with Crippen molar-refractivity contribution < 1.29 is 17.7 Å². The lowest BCUT2D eigenvalue weighted by molar-refractivity contribution is 0.390. The second-order valence-corrected chi connectivity index (χ2v) is 7.51. The molecule has 0 aliphatic carbocycles. The third-order valence-electron chi connectivity index (χ3n) is 3.88. The second kappa shape index (κ2) is 7.67. The Morgan fingerprint density at radius 2 is 1.85 bits per heavy atom. The Morgan fingerprint density at radius 1 is 1.11 bits per heavy atom. The van der Waals surface area contributed by atoms with Crippen LogP contribution < -0.4 is 14.8 Å². The van der Waals surface area contributed by atoms with E-state index >= 15 is 0 Å². The molecule has 0 bridgehead atoms. The van der Waals surface area contributed by atoms with Crippen LogP contribution in [0.2, 0.25) is 0 Å². The zero-order valence-corrected chi connectivity index (χ0v) is 16.0. The van der Waals surface area contributed by atoms with Crippen LogP contribution >= 0.6 is 0 Å². The summed E-state index contributed by atoms with van der Waals surface area (Å²) in [5.41, 5.74) is 1.73. The summed E-state index contributed by atoms with van der Waals surface area (Å²) in [4.78, 5) is 4.28. The van der Waals surface area contributed by atoms with Gasteiger partial charge in [0.1, 0.15) is 17.3 Å². The van der Waals surface area contributed by atoms with Gasteiger partial charge in [-0.25, -0.2) is 13.4 Å². The van der Waals surface area contributed by atoms with E-state index in [1.165, 1.54) is 6.20 Å². The standard InChI is InChI=1S/C18H20N4O4S/c1-12-18(13(2)26-21-12)27(23,24)22-15-6-9-17(20-11-15)19-10-14-4-7-16(25-3)8-5-14/h4-9,11,22H,10H2,1-3H3,(H,19,20). The van der Waals surface area contributed by atoms with Gasteiger partial charge in [0.25, 0.3) is 10.0 Å². The zero-order valence-electron chi connectivity index (χ0n) is 15.2. The normalized spacial score (nSPS) is 11.2. The predicted molar refractivity (Wildman–Crippen MR) is 101 cm³/mol. The first-order valence-electron chi connectivity index (χ1n) is 8.17. The van der Waals surface area contributed by atoms with Gasteiger partial charge >= 0.3 is 0 Å². The van der Waals surface area contributed by atoms with Crippen LogP contribution in [0.1, 0.15) is 17.0 Å². The van der Waals surface area contributed by atoms with E-state index < -0.39 is 10.0 Å². The molecule has 3 rings (SSSR count). The summed E-state index contributed by atoms with van der Waals surface area (Å²) in [6, 6.07) is 11.0. The van der Waals surface area contributed by atoms with Gasteiger partial charge in [0.15, 0.2) is 10.7 Å².